The van der Waals surface area contributed by atoms with Gasteiger partial charge in [0, 0.05) is 57.3 Å². The van der Waals surface area contributed by atoms with E-state index in [-0.39, 0.29) is 18.6 Å². The molecule has 2 N–H and O–H groups in total. The van der Waals surface area contributed by atoms with Gasteiger partial charge in [0.1, 0.15) is 6.23 Å². The molecule has 3 rings (SSSR count). The van der Waals surface area contributed by atoms with Crippen LogP contribution in [-0.2, 0) is 9.53 Å². The maximum absolute atomic E-state index is 12.1. The average molecular weight is 352 g/mol. The monoisotopic (exact) mass is 352 g/mol. The quantitative estimate of drug-likeness (QED) is 0.697. The molecule has 1 aromatic rings. The van der Waals surface area contributed by atoms with Crippen LogP contribution in [0.15, 0.2) is 15.8 Å². The maximum atomic E-state index is 12.1. The van der Waals surface area contributed by atoms with Crippen molar-refractivity contribution in [2.45, 2.75) is 38.6 Å². The van der Waals surface area contributed by atoms with Gasteiger partial charge in [-0.2, -0.15) is 0 Å². The van der Waals surface area contributed by atoms with Crippen molar-refractivity contribution in [2.24, 2.45) is 0 Å². The Labute approximate surface area is 144 Å². The Morgan fingerprint density at radius 1 is 1.32 bits per heavy atom. The Bertz CT molecular complexity index is 750. The Morgan fingerprint density at radius 2 is 2.00 bits per heavy atom. The van der Waals surface area contributed by atoms with Crippen molar-refractivity contribution in [3.05, 3.63) is 32.6 Å². The highest BCUT2D eigenvalue weighted by Crippen LogP contribution is 2.31. The summed E-state index contributed by atoms with van der Waals surface area (Å²) in [6.07, 6.45) is 1.09. The number of aliphatic hydroxyl groups excluding tert-OH is 1. The molecular formula is C16H24N4O5. The predicted molar refractivity (Wildman–Crippen MR) is 89.3 cm³/mol. The Hall–Kier alpha value is -1.97. The van der Waals surface area contributed by atoms with Gasteiger partial charge in [-0.1, -0.05) is 0 Å². The smallest absolute Gasteiger partial charge is 0.330 e. The Kier molecular flexibility index (Phi) is 5.07. The number of aromatic amines is 1. The van der Waals surface area contributed by atoms with Crippen LogP contribution in [0, 0.1) is 6.92 Å². The summed E-state index contributed by atoms with van der Waals surface area (Å²) in [6, 6.07) is -0.0387. The van der Waals surface area contributed by atoms with E-state index >= 15 is 0 Å². The summed E-state index contributed by atoms with van der Waals surface area (Å²) in [7, 11) is 0. The van der Waals surface area contributed by atoms with Crippen molar-refractivity contribution >= 4 is 5.91 Å². The van der Waals surface area contributed by atoms with Crippen LogP contribution in [0.5, 0.6) is 0 Å². The molecule has 25 heavy (non-hydrogen) atoms. The van der Waals surface area contributed by atoms with E-state index in [1.807, 2.05) is 0 Å². The molecule has 3 heterocycles. The molecule has 2 aliphatic heterocycles. The topological polar surface area (TPSA) is 108 Å². The van der Waals surface area contributed by atoms with E-state index in [9.17, 15) is 19.5 Å². The fourth-order valence-electron chi connectivity index (χ4n) is 3.60. The minimum Gasteiger partial charge on any atom is -0.394 e. The summed E-state index contributed by atoms with van der Waals surface area (Å²) in [6.45, 7) is 5.74. The number of piperazine rings is 1. The highest BCUT2D eigenvalue weighted by Gasteiger charge is 2.40. The molecular weight excluding hydrogens is 328 g/mol. The summed E-state index contributed by atoms with van der Waals surface area (Å²) in [5.41, 5.74) is -0.489. The maximum Gasteiger partial charge on any atom is 0.330 e. The lowest BCUT2D eigenvalue weighted by atomic mass is 10.1. The van der Waals surface area contributed by atoms with Crippen molar-refractivity contribution in [1.29, 1.82) is 0 Å². The lowest BCUT2D eigenvalue weighted by molar-refractivity contribution is -0.131. The van der Waals surface area contributed by atoms with E-state index in [4.69, 9.17) is 4.74 Å². The van der Waals surface area contributed by atoms with Gasteiger partial charge in [0.2, 0.25) is 5.91 Å². The molecule has 138 valence electrons. The minimum absolute atomic E-state index is 0.0387. The Balaban J connectivity index is 1.75. The van der Waals surface area contributed by atoms with E-state index in [1.54, 1.807) is 18.7 Å². The van der Waals surface area contributed by atoms with Crippen LogP contribution in [0.3, 0.4) is 0 Å². The number of nitrogens with one attached hydrogen (secondary N) is 1. The number of amides is 1. The molecule has 0 saturated carbocycles. The van der Waals surface area contributed by atoms with E-state index in [0.717, 1.165) is 0 Å². The van der Waals surface area contributed by atoms with Gasteiger partial charge >= 0.3 is 5.69 Å². The first-order valence-corrected chi connectivity index (χ1v) is 8.48. The number of rotatable bonds is 3. The van der Waals surface area contributed by atoms with Crippen LogP contribution in [0.1, 0.15) is 25.1 Å². The SMILES string of the molecule is CC(=O)N1CCN([C@H]2C[C@H](n3cc(C)c(=O)[nH]c3=O)O[C@@H]2CO)CC1. The van der Waals surface area contributed by atoms with Crippen molar-refractivity contribution in [1.82, 2.24) is 19.4 Å². The van der Waals surface area contributed by atoms with E-state index in [0.29, 0.717) is 38.2 Å². The molecule has 3 atom stereocenters. The van der Waals surface area contributed by atoms with Crippen LogP contribution in [0.25, 0.3) is 0 Å². The third-order valence-electron chi connectivity index (χ3n) is 5.07. The lowest BCUT2D eigenvalue weighted by Crippen LogP contribution is -2.53. The molecule has 2 fully saturated rings. The van der Waals surface area contributed by atoms with Gasteiger partial charge < -0.3 is 14.7 Å². The van der Waals surface area contributed by atoms with Crippen molar-refractivity contribution in [3.63, 3.8) is 0 Å². The number of aryl methyl sites for hydroxylation is 1. The number of hydrogen-bond acceptors (Lipinski definition) is 6. The Morgan fingerprint density at radius 3 is 2.60 bits per heavy atom. The predicted octanol–water partition coefficient (Wildman–Crippen LogP) is -1.34. The summed E-state index contributed by atoms with van der Waals surface area (Å²) >= 11 is 0. The van der Waals surface area contributed by atoms with Gasteiger partial charge in [0.05, 0.1) is 12.7 Å². The second kappa shape index (κ2) is 7.11. The summed E-state index contributed by atoms with van der Waals surface area (Å²) in [5, 5.41) is 9.68. The van der Waals surface area contributed by atoms with Crippen LogP contribution in [0.2, 0.25) is 0 Å². The number of aromatic nitrogens is 2. The molecule has 1 amide bonds. The van der Waals surface area contributed by atoms with Gasteiger partial charge in [-0.15, -0.1) is 0 Å². The van der Waals surface area contributed by atoms with E-state index in [1.165, 1.54) is 10.8 Å². The summed E-state index contributed by atoms with van der Waals surface area (Å²) in [4.78, 5) is 41.4. The fraction of sp³-hybridized carbons (Fsp3) is 0.688. The zero-order chi connectivity index (χ0) is 18.1. The van der Waals surface area contributed by atoms with Gasteiger partial charge in [0.25, 0.3) is 5.56 Å². The van der Waals surface area contributed by atoms with Crippen molar-refractivity contribution in [3.8, 4) is 0 Å². The zero-order valence-corrected chi connectivity index (χ0v) is 14.5. The van der Waals surface area contributed by atoms with Gasteiger partial charge in [0.15, 0.2) is 0 Å². The summed E-state index contributed by atoms with van der Waals surface area (Å²) < 4.78 is 7.26. The number of H-pyrrole nitrogens is 1. The third-order valence-corrected chi connectivity index (χ3v) is 5.07. The molecule has 0 radical (unpaired) electrons. The zero-order valence-electron chi connectivity index (χ0n) is 14.5. The van der Waals surface area contributed by atoms with Crippen LogP contribution >= 0.6 is 0 Å². The number of hydrogen-bond donors (Lipinski definition) is 2. The molecule has 0 spiro atoms. The third kappa shape index (κ3) is 3.53. The van der Waals surface area contributed by atoms with Crippen LogP contribution in [-0.4, -0.2) is 75.3 Å². The van der Waals surface area contributed by atoms with Gasteiger partial charge in [-0.25, -0.2) is 4.79 Å². The fourth-order valence-corrected chi connectivity index (χ4v) is 3.60. The second-order valence-electron chi connectivity index (χ2n) is 6.64. The molecule has 9 nitrogen and oxygen atoms in total. The molecule has 0 aromatic carbocycles. The molecule has 2 aliphatic rings. The van der Waals surface area contributed by atoms with E-state index < -0.39 is 23.6 Å². The van der Waals surface area contributed by atoms with Crippen LogP contribution < -0.4 is 11.2 Å². The average Bonchev–Trinajstić information content (AvgIpc) is 3.02. The van der Waals surface area contributed by atoms with Gasteiger partial charge in [-0.05, 0) is 6.92 Å². The standard InChI is InChI=1S/C16H24N4O5/c1-10-8-20(16(24)17-15(10)23)14-7-12(13(9-21)25-14)19-5-3-18(4-6-19)11(2)22/h8,12-14,21H,3-7,9H2,1-2H3,(H,17,23,24)/t12-,13+,14+/m0/s1. The van der Waals surface area contributed by atoms with Crippen molar-refractivity contribution in [2.75, 3.05) is 32.8 Å². The van der Waals surface area contributed by atoms with E-state index in [2.05, 4.69) is 9.88 Å². The number of carbonyl (C=O) groups is 1. The largest absolute Gasteiger partial charge is 0.394 e. The number of carbonyl (C=O) groups excluding carboxylic acids is 1. The number of nitrogens with zero attached hydrogens (tertiary/aromatic N) is 3. The number of aliphatic hydroxyl groups is 1. The molecule has 1 aromatic heterocycles. The first-order valence-electron chi connectivity index (χ1n) is 8.48. The van der Waals surface area contributed by atoms with Crippen molar-refractivity contribution < 1.29 is 14.6 Å². The normalized spacial score (nSPS) is 27.6. The highest BCUT2D eigenvalue weighted by atomic mass is 16.5. The molecule has 9 heteroatoms. The van der Waals surface area contributed by atoms with Crippen LogP contribution in [0.4, 0.5) is 0 Å². The first kappa shape index (κ1) is 17.8. The lowest BCUT2D eigenvalue weighted by Gasteiger charge is -2.38. The second-order valence-corrected chi connectivity index (χ2v) is 6.64. The molecule has 0 aliphatic carbocycles. The first-order chi connectivity index (χ1) is 11.9. The highest BCUT2D eigenvalue weighted by molar-refractivity contribution is 5.73. The molecule has 0 bridgehead atoms. The molecule has 0 unspecified atom stereocenters. The summed E-state index contributed by atoms with van der Waals surface area (Å²) in [5.74, 6) is 0.0641. The molecule has 2 saturated heterocycles. The minimum atomic E-state index is -0.531. The van der Waals surface area contributed by atoms with Gasteiger partial charge in [-0.3, -0.25) is 24.0 Å². The number of ether oxygens (including phenoxy) is 1.